The van der Waals surface area contributed by atoms with Crippen LogP contribution in [0.4, 0.5) is 0 Å². The summed E-state index contributed by atoms with van der Waals surface area (Å²) in [5, 5.41) is 0. The predicted molar refractivity (Wildman–Crippen MR) is 73.4 cm³/mol. The molecule has 2 heterocycles. The minimum absolute atomic E-state index is 0.721. The van der Waals surface area contributed by atoms with E-state index in [1.807, 2.05) is 0 Å². The van der Waals surface area contributed by atoms with Gasteiger partial charge in [-0.25, -0.2) is 0 Å². The number of likely N-dealkylation sites (tertiary alicyclic amines) is 1. The highest BCUT2D eigenvalue weighted by molar-refractivity contribution is 4.81. The molecule has 0 aromatic rings. The van der Waals surface area contributed by atoms with E-state index in [-0.39, 0.29) is 0 Å². The number of piperazine rings is 1. The molecule has 2 fully saturated rings. The van der Waals surface area contributed by atoms with Crippen LogP contribution in [0.2, 0.25) is 0 Å². The number of rotatable bonds is 4. The maximum atomic E-state index is 2.68. The van der Waals surface area contributed by atoms with Gasteiger partial charge >= 0.3 is 0 Å². The average molecular weight is 239 g/mol. The van der Waals surface area contributed by atoms with E-state index in [1.165, 1.54) is 58.8 Å². The van der Waals surface area contributed by atoms with Gasteiger partial charge in [-0.3, -0.25) is 4.90 Å². The molecule has 0 spiro atoms. The summed E-state index contributed by atoms with van der Waals surface area (Å²) in [4.78, 5) is 7.88. The van der Waals surface area contributed by atoms with Crippen molar-refractivity contribution in [3.63, 3.8) is 0 Å². The number of nitrogens with zero attached hydrogens (tertiary/aromatic N) is 3. The van der Waals surface area contributed by atoms with E-state index in [0.29, 0.717) is 0 Å². The summed E-state index contributed by atoms with van der Waals surface area (Å²) >= 11 is 0. The molecule has 17 heavy (non-hydrogen) atoms. The van der Waals surface area contributed by atoms with Gasteiger partial charge in [0.25, 0.3) is 0 Å². The van der Waals surface area contributed by atoms with Crippen molar-refractivity contribution in [1.29, 1.82) is 0 Å². The Morgan fingerprint density at radius 2 is 1.71 bits per heavy atom. The number of hydrogen-bond donors (Lipinski definition) is 0. The monoisotopic (exact) mass is 239 g/mol. The average Bonchev–Trinajstić information content (AvgIpc) is 2.77. The summed E-state index contributed by atoms with van der Waals surface area (Å²) in [6.45, 7) is 17.2. The van der Waals surface area contributed by atoms with Gasteiger partial charge < -0.3 is 9.80 Å². The third kappa shape index (κ3) is 3.67. The fraction of sp³-hybridized carbons (Fsp3) is 1.00. The normalized spacial score (nSPS) is 29.3. The molecule has 1 unspecified atom stereocenters. The summed E-state index contributed by atoms with van der Waals surface area (Å²) in [5.41, 5.74) is 0. The molecule has 3 nitrogen and oxygen atoms in total. The first-order valence-corrected chi connectivity index (χ1v) is 7.37. The minimum Gasteiger partial charge on any atom is -0.303 e. The molecule has 100 valence electrons. The van der Waals surface area contributed by atoms with Gasteiger partial charge in [0.05, 0.1) is 0 Å². The van der Waals surface area contributed by atoms with Crippen LogP contribution >= 0.6 is 0 Å². The predicted octanol–water partition coefficient (Wildman–Crippen LogP) is 1.35. The van der Waals surface area contributed by atoms with Crippen molar-refractivity contribution in [2.24, 2.45) is 5.92 Å². The Morgan fingerprint density at radius 1 is 1.00 bits per heavy atom. The summed E-state index contributed by atoms with van der Waals surface area (Å²) in [6, 6.07) is 0.721. The second-order valence-corrected chi connectivity index (χ2v) is 5.98. The van der Waals surface area contributed by atoms with E-state index in [1.54, 1.807) is 0 Å². The lowest BCUT2D eigenvalue weighted by Gasteiger charge is -2.37. The Kier molecular flexibility index (Phi) is 4.83. The van der Waals surface area contributed by atoms with Crippen LogP contribution in [0.15, 0.2) is 0 Å². The highest BCUT2D eigenvalue weighted by Gasteiger charge is 2.25. The second-order valence-electron chi connectivity index (χ2n) is 5.98. The molecule has 2 aliphatic rings. The fourth-order valence-corrected chi connectivity index (χ4v) is 3.18. The zero-order valence-corrected chi connectivity index (χ0v) is 11.9. The van der Waals surface area contributed by atoms with Crippen molar-refractivity contribution >= 4 is 0 Å². The third-order valence-corrected chi connectivity index (χ3v) is 4.47. The first-order chi connectivity index (χ1) is 8.19. The van der Waals surface area contributed by atoms with Gasteiger partial charge in [0, 0.05) is 45.3 Å². The molecule has 0 aromatic carbocycles. The van der Waals surface area contributed by atoms with E-state index in [2.05, 4.69) is 35.5 Å². The molecule has 2 rings (SSSR count). The molecule has 1 atom stereocenters. The first-order valence-electron chi connectivity index (χ1n) is 7.37. The lowest BCUT2D eigenvalue weighted by molar-refractivity contribution is 0.0974. The second kappa shape index (κ2) is 6.17. The molecule has 2 saturated heterocycles. The lowest BCUT2D eigenvalue weighted by Crippen LogP contribution is -2.50. The van der Waals surface area contributed by atoms with Gasteiger partial charge in [0.15, 0.2) is 0 Å². The zero-order valence-electron chi connectivity index (χ0n) is 11.9. The third-order valence-electron chi connectivity index (χ3n) is 4.47. The highest BCUT2D eigenvalue weighted by Crippen LogP contribution is 2.18. The van der Waals surface area contributed by atoms with Crippen LogP contribution in [0.5, 0.6) is 0 Å². The molecule has 0 bridgehead atoms. The molecule has 0 N–H and O–H groups in total. The van der Waals surface area contributed by atoms with Gasteiger partial charge in [-0.2, -0.15) is 0 Å². The van der Waals surface area contributed by atoms with Gasteiger partial charge in [-0.1, -0.05) is 6.92 Å². The lowest BCUT2D eigenvalue weighted by atomic mass is 10.1. The maximum absolute atomic E-state index is 2.68. The van der Waals surface area contributed by atoms with Gasteiger partial charge in [-0.15, -0.1) is 0 Å². The summed E-state index contributed by atoms with van der Waals surface area (Å²) < 4.78 is 0. The first kappa shape index (κ1) is 13.3. The van der Waals surface area contributed by atoms with Crippen molar-refractivity contribution in [1.82, 2.24) is 14.7 Å². The maximum Gasteiger partial charge on any atom is 0.0113 e. The van der Waals surface area contributed by atoms with Crippen LogP contribution in [0.1, 0.15) is 27.2 Å². The Morgan fingerprint density at radius 3 is 2.24 bits per heavy atom. The highest BCUT2D eigenvalue weighted by atomic mass is 15.3. The number of hydrogen-bond acceptors (Lipinski definition) is 3. The smallest absolute Gasteiger partial charge is 0.0113 e. The Hall–Kier alpha value is -0.120. The van der Waals surface area contributed by atoms with Gasteiger partial charge in [-0.05, 0) is 39.3 Å². The van der Waals surface area contributed by atoms with Gasteiger partial charge in [0.2, 0.25) is 0 Å². The van der Waals surface area contributed by atoms with Crippen LogP contribution in [0, 0.1) is 5.92 Å². The van der Waals surface area contributed by atoms with E-state index < -0.39 is 0 Å². The van der Waals surface area contributed by atoms with Crippen LogP contribution in [0.3, 0.4) is 0 Å². The summed E-state index contributed by atoms with van der Waals surface area (Å²) in [7, 11) is 0. The van der Waals surface area contributed by atoms with Crippen molar-refractivity contribution in [2.45, 2.75) is 33.2 Å². The van der Waals surface area contributed by atoms with E-state index in [0.717, 1.165) is 12.0 Å². The molecule has 0 aliphatic carbocycles. The van der Waals surface area contributed by atoms with Crippen LogP contribution in [0.25, 0.3) is 0 Å². The minimum atomic E-state index is 0.721. The summed E-state index contributed by atoms with van der Waals surface area (Å²) in [5.74, 6) is 0.931. The molecule has 2 aliphatic heterocycles. The molecule has 0 aromatic heterocycles. The van der Waals surface area contributed by atoms with Crippen LogP contribution in [-0.4, -0.2) is 73.1 Å². The van der Waals surface area contributed by atoms with Crippen molar-refractivity contribution in [3.8, 4) is 0 Å². The quantitative estimate of drug-likeness (QED) is 0.733. The Bertz CT molecular complexity index is 222. The molecular weight excluding hydrogens is 210 g/mol. The van der Waals surface area contributed by atoms with Crippen molar-refractivity contribution < 1.29 is 0 Å². The van der Waals surface area contributed by atoms with Crippen molar-refractivity contribution in [3.05, 3.63) is 0 Å². The topological polar surface area (TPSA) is 9.72 Å². The SMILES string of the molecule is CCN1CCC(CN2CCN(C(C)C)CC2)C1. The molecular formula is C14H29N3. The largest absolute Gasteiger partial charge is 0.303 e. The van der Waals surface area contributed by atoms with Gasteiger partial charge in [0.1, 0.15) is 0 Å². The van der Waals surface area contributed by atoms with E-state index in [9.17, 15) is 0 Å². The molecule has 0 radical (unpaired) electrons. The fourth-order valence-electron chi connectivity index (χ4n) is 3.18. The van der Waals surface area contributed by atoms with E-state index >= 15 is 0 Å². The molecule has 0 saturated carbocycles. The standard InChI is InChI=1S/C14H29N3/c1-4-15-6-5-14(11-15)12-16-7-9-17(10-8-16)13(2)3/h13-14H,4-12H2,1-3H3. The van der Waals surface area contributed by atoms with Crippen LogP contribution in [-0.2, 0) is 0 Å². The Balaban J connectivity index is 1.68. The Labute approximate surface area is 107 Å². The molecule has 0 amide bonds. The zero-order chi connectivity index (χ0) is 12.3. The summed E-state index contributed by atoms with van der Waals surface area (Å²) in [6.07, 6.45) is 1.41. The van der Waals surface area contributed by atoms with Crippen LogP contribution < -0.4 is 0 Å². The van der Waals surface area contributed by atoms with Crippen molar-refractivity contribution in [2.75, 3.05) is 52.4 Å². The van der Waals surface area contributed by atoms with E-state index in [4.69, 9.17) is 0 Å². The molecule has 3 heteroatoms.